The molecule has 2 aromatic carbocycles. The summed E-state index contributed by atoms with van der Waals surface area (Å²) in [6, 6.07) is 7.71. The topological polar surface area (TPSA) is 45.2 Å². The molecule has 1 N–H and O–H groups in total. The predicted molar refractivity (Wildman–Crippen MR) is 103 cm³/mol. The number of hydrogen-bond acceptors (Lipinski definition) is 4. The van der Waals surface area contributed by atoms with Crippen molar-refractivity contribution in [3.8, 4) is 0 Å². The average molecular weight is 423 g/mol. The summed E-state index contributed by atoms with van der Waals surface area (Å²) in [7, 11) is 0. The molecule has 1 aliphatic rings. The van der Waals surface area contributed by atoms with Crippen molar-refractivity contribution >= 4 is 32.6 Å². The van der Waals surface area contributed by atoms with Crippen molar-refractivity contribution in [2.75, 3.05) is 11.9 Å². The lowest BCUT2D eigenvalue weighted by atomic mass is 9.99. The first-order valence-corrected chi connectivity index (χ1v) is 9.80. The van der Waals surface area contributed by atoms with E-state index in [1.807, 2.05) is 0 Å². The number of amides is 1. The highest BCUT2D eigenvalue weighted by molar-refractivity contribution is 7.22. The van der Waals surface area contributed by atoms with Crippen LogP contribution in [0.15, 0.2) is 36.4 Å². The number of nitrogens with zero attached hydrogens (tertiary/aromatic N) is 2. The number of alkyl halides is 3. The highest BCUT2D eigenvalue weighted by Gasteiger charge is 2.31. The van der Waals surface area contributed by atoms with Crippen LogP contribution in [0, 0.1) is 5.82 Å². The van der Waals surface area contributed by atoms with Gasteiger partial charge in [-0.25, -0.2) is 9.37 Å². The maximum absolute atomic E-state index is 13.8. The summed E-state index contributed by atoms with van der Waals surface area (Å²) in [6.45, 7) is 2.26. The molecule has 1 unspecified atom stereocenters. The van der Waals surface area contributed by atoms with Crippen LogP contribution in [0.3, 0.4) is 0 Å². The Hall–Kier alpha value is -2.68. The minimum absolute atomic E-state index is 0.0967. The van der Waals surface area contributed by atoms with Gasteiger partial charge in [-0.2, -0.15) is 13.2 Å². The number of benzene rings is 2. The van der Waals surface area contributed by atoms with E-state index in [0.717, 1.165) is 17.7 Å². The Kier molecular flexibility index (Phi) is 4.94. The molecule has 4 nitrogen and oxygen atoms in total. The lowest BCUT2D eigenvalue weighted by Gasteiger charge is -2.19. The minimum Gasteiger partial charge on any atom is -0.355 e. The zero-order chi connectivity index (χ0) is 20.8. The van der Waals surface area contributed by atoms with E-state index in [1.165, 1.54) is 36.5 Å². The van der Waals surface area contributed by atoms with Crippen molar-refractivity contribution in [1.29, 1.82) is 0 Å². The first kappa shape index (κ1) is 19.6. The maximum atomic E-state index is 13.8. The molecule has 1 aromatic heterocycles. The van der Waals surface area contributed by atoms with Crippen LogP contribution in [0.4, 0.5) is 22.7 Å². The maximum Gasteiger partial charge on any atom is 0.416 e. The highest BCUT2D eigenvalue weighted by Crippen LogP contribution is 2.36. The number of fused-ring (bicyclic) bond motifs is 2. The van der Waals surface area contributed by atoms with Crippen LogP contribution in [0.2, 0.25) is 0 Å². The molecule has 3 aromatic rings. The van der Waals surface area contributed by atoms with Crippen LogP contribution in [0.5, 0.6) is 0 Å². The first-order chi connectivity index (χ1) is 13.7. The second kappa shape index (κ2) is 7.29. The van der Waals surface area contributed by atoms with Crippen molar-refractivity contribution in [2.45, 2.75) is 32.1 Å². The summed E-state index contributed by atoms with van der Waals surface area (Å²) < 4.78 is 53.2. The van der Waals surface area contributed by atoms with E-state index in [0.29, 0.717) is 34.9 Å². The molecule has 0 saturated heterocycles. The Morgan fingerprint density at radius 1 is 1.24 bits per heavy atom. The lowest BCUT2D eigenvalue weighted by molar-refractivity contribution is -0.137. The largest absolute Gasteiger partial charge is 0.416 e. The van der Waals surface area contributed by atoms with Crippen LogP contribution in [0.25, 0.3) is 10.2 Å². The second-order valence-electron chi connectivity index (χ2n) is 6.97. The lowest BCUT2D eigenvalue weighted by Crippen LogP contribution is -2.28. The SMILES string of the molecule is CC(=O)N1CCC(Nc2nc3cc(C(F)(F)F)ccc3s2)c2ccc(F)cc2C1. The van der Waals surface area contributed by atoms with Crippen LogP contribution in [-0.4, -0.2) is 22.3 Å². The van der Waals surface area contributed by atoms with E-state index < -0.39 is 11.7 Å². The van der Waals surface area contributed by atoms with Crippen LogP contribution >= 0.6 is 11.3 Å². The Bertz CT molecular complexity index is 1080. The molecule has 29 heavy (non-hydrogen) atoms. The van der Waals surface area contributed by atoms with Gasteiger partial charge >= 0.3 is 6.18 Å². The Balaban J connectivity index is 1.66. The molecule has 2 heterocycles. The number of rotatable bonds is 2. The van der Waals surface area contributed by atoms with Crippen molar-refractivity contribution in [3.63, 3.8) is 0 Å². The van der Waals surface area contributed by atoms with Gasteiger partial charge in [-0.05, 0) is 47.9 Å². The number of aromatic nitrogens is 1. The van der Waals surface area contributed by atoms with E-state index in [4.69, 9.17) is 0 Å². The number of carbonyl (C=O) groups is 1. The molecule has 0 spiro atoms. The fourth-order valence-electron chi connectivity index (χ4n) is 3.51. The van der Waals surface area contributed by atoms with E-state index in [1.54, 1.807) is 11.0 Å². The summed E-state index contributed by atoms with van der Waals surface area (Å²) in [5.41, 5.74) is 1.08. The van der Waals surface area contributed by atoms with Crippen LogP contribution in [-0.2, 0) is 17.5 Å². The zero-order valence-corrected chi connectivity index (χ0v) is 16.2. The molecule has 0 fully saturated rings. The van der Waals surface area contributed by atoms with Gasteiger partial charge in [-0.3, -0.25) is 4.79 Å². The van der Waals surface area contributed by atoms with Gasteiger partial charge in [0.15, 0.2) is 5.13 Å². The number of carbonyl (C=O) groups excluding carboxylic acids is 1. The van der Waals surface area contributed by atoms with Gasteiger partial charge < -0.3 is 10.2 Å². The summed E-state index contributed by atoms with van der Waals surface area (Å²) in [5.74, 6) is -0.479. The third-order valence-electron chi connectivity index (χ3n) is 4.99. The Labute approximate surface area is 168 Å². The van der Waals surface area contributed by atoms with Gasteiger partial charge in [0.05, 0.1) is 21.8 Å². The molecule has 0 bridgehead atoms. The van der Waals surface area contributed by atoms with Gasteiger partial charge in [0.2, 0.25) is 5.91 Å². The van der Waals surface area contributed by atoms with Gasteiger partial charge in [0.25, 0.3) is 0 Å². The molecule has 1 aliphatic heterocycles. The van der Waals surface area contributed by atoms with Crippen molar-refractivity contribution in [1.82, 2.24) is 9.88 Å². The van der Waals surface area contributed by atoms with Crippen molar-refractivity contribution < 1.29 is 22.4 Å². The molecular formula is C20H17F4N3OS. The van der Waals surface area contributed by atoms with E-state index in [2.05, 4.69) is 10.3 Å². The van der Waals surface area contributed by atoms with Crippen LogP contribution in [0.1, 0.15) is 36.1 Å². The van der Waals surface area contributed by atoms with E-state index in [-0.39, 0.29) is 23.3 Å². The molecule has 0 aliphatic carbocycles. The van der Waals surface area contributed by atoms with Gasteiger partial charge in [0.1, 0.15) is 5.82 Å². The standard InChI is InChI=1S/C20H17F4N3OS/c1-11(28)27-7-6-16(15-4-3-14(21)8-12(15)10-27)25-19-26-17-9-13(20(22,23)24)2-5-18(17)29-19/h2-5,8-9,16H,6-7,10H2,1H3,(H,25,26). The molecule has 0 saturated carbocycles. The van der Waals surface area contributed by atoms with Gasteiger partial charge in [0, 0.05) is 20.0 Å². The monoisotopic (exact) mass is 423 g/mol. The highest BCUT2D eigenvalue weighted by atomic mass is 32.1. The molecule has 152 valence electrons. The number of anilines is 1. The molecule has 1 atom stereocenters. The minimum atomic E-state index is -4.42. The predicted octanol–water partition coefficient (Wildman–Crippen LogP) is 5.36. The molecule has 0 radical (unpaired) electrons. The normalized spacial score (nSPS) is 17.1. The van der Waals surface area contributed by atoms with E-state index in [9.17, 15) is 22.4 Å². The quantitative estimate of drug-likeness (QED) is 0.565. The van der Waals surface area contributed by atoms with Gasteiger partial charge in [-0.1, -0.05) is 17.4 Å². The fourth-order valence-corrected chi connectivity index (χ4v) is 4.41. The number of hydrogen-bond donors (Lipinski definition) is 1. The number of nitrogens with one attached hydrogen (secondary N) is 1. The van der Waals surface area contributed by atoms with E-state index >= 15 is 0 Å². The molecule has 4 rings (SSSR count). The third-order valence-corrected chi connectivity index (χ3v) is 5.95. The number of thiazole rings is 1. The van der Waals surface area contributed by atoms with Gasteiger partial charge in [-0.15, -0.1) is 0 Å². The summed E-state index contributed by atoms with van der Waals surface area (Å²) in [5, 5.41) is 3.75. The second-order valence-corrected chi connectivity index (χ2v) is 8.00. The molecule has 1 amide bonds. The average Bonchev–Trinajstić information content (AvgIpc) is 2.95. The third kappa shape index (κ3) is 4.05. The Morgan fingerprint density at radius 3 is 2.76 bits per heavy atom. The summed E-state index contributed by atoms with van der Waals surface area (Å²) >= 11 is 1.26. The Morgan fingerprint density at radius 2 is 2.03 bits per heavy atom. The smallest absolute Gasteiger partial charge is 0.355 e. The first-order valence-electron chi connectivity index (χ1n) is 8.99. The van der Waals surface area contributed by atoms with Crippen LogP contribution < -0.4 is 5.32 Å². The summed E-state index contributed by atoms with van der Waals surface area (Å²) in [4.78, 5) is 17.8. The molecule has 9 heteroatoms. The van der Waals surface area contributed by atoms with Crippen molar-refractivity contribution in [2.24, 2.45) is 0 Å². The van der Waals surface area contributed by atoms with Crippen molar-refractivity contribution in [3.05, 3.63) is 58.9 Å². The fraction of sp³-hybridized carbons (Fsp3) is 0.300. The zero-order valence-electron chi connectivity index (χ0n) is 15.4. The summed E-state index contributed by atoms with van der Waals surface area (Å²) in [6.07, 6.45) is -3.85. The molecular weight excluding hydrogens is 406 g/mol. The number of halogens is 4.